The number of nitrogens with two attached hydrogens (primary N) is 1. The molecule has 0 aliphatic carbocycles. The normalized spacial score (nSPS) is 13.4. The van der Waals surface area contributed by atoms with Crippen molar-refractivity contribution >= 4 is 15.7 Å². The maximum atomic E-state index is 11.7. The third-order valence-corrected chi connectivity index (χ3v) is 4.62. The Bertz CT molecular complexity index is 692. The first-order valence-electron chi connectivity index (χ1n) is 5.74. The van der Waals surface area contributed by atoms with Crippen LogP contribution in [-0.2, 0) is 16.9 Å². The number of rotatable bonds is 3. The maximum Gasteiger partial charge on any atom is 0.155 e. The fraction of sp³-hybridized carbons (Fsp3) is 0.333. The molecule has 19 heavy (non-hydrogen) atoms. The van der Waals surface area contributed by atoms with Gasteiger partial charge < -0.3 is 5.73 Å². The van der Waals surface area contributed by atoms with Gasteiger partial charge in [-0.3, -0.25) is 9.67 Å². The van der Waals surface area contributed by atoms with Crippen molar-refractivity contribution in [2.24, 2.45) is 7.05 Å². The minimum absolute atomic E-state index is 0.441. The molecule has 0 bridgehead atoms. The van der Waals surface area contributed by atoms with Crippen LogP contribution in [0, 0.1) is 0 Å². The van der Waals surface area contributed by atoms with Gasteiger partial charge in [-0.25, -0.2) is 8.42 Å². The van der Waals surface area contributed by atoms with Gasteiger partial charge in [0.05, 0.1) is 5.69 Å². The lowest BCUT2D eigenvalue weighted by Crippen LogP contribution is -2.09. The molecule has 1 unspecified atom stereocenters. The molecule has 0 aliphatic heterocycles. The topological polar surface area (TPSA) is 90.9 Å². The van der Waals surface area contributed by atoms with Crippen molar-refractivity contribution < 1.29 is 8.42 Å². The SMILES string of the molecule is CC(c1nn(C)c(N)c1-c1ccncc1)S(C)(=O)=O. The Balaban J connectivity index is 2.68. The third-order valence-electron chi connectivity index (χ3n) is 3.11. The van der Waals surface area contributed by atoms with Gasteiger partial charge >= 0.3 is 0 Å². The van der Waals surface area contributed by atoms with Gasteiger partial charge in [0.15, 0.2) is 9.84 Å². The summed E-state index contributed by atoms with van der Waals surface area (Å²) in [7, 11) is -1.54. The summed E-state index contributed by atoms with van der Waals surface area (Å²) in [6, 6.07) is 3.57. The van der Waals surface area contributed by atoms with Crippen molar-refractivity contribution in [2.75, 3.05) is 12.0 Å². The lowest BCUT2D eigenvalue weighted by molar-refractivity contribution is 0.589. The van der Waals surface area contributed by atoms with E-state index in [4.69, 9.17) is 5.73 Å². The van der Waals surface area contributed by atoms with Crippen molar-refractivity contribution in [3.63, 3.8) is 0 Å². The summed E-state index contributed by atoms with van der Waals surface area (Å²) < 4.78 is 25.0. The molecule has 2 aromatic heterocycles. The number of sulfone groups is 1. The van der Waals surface area contributed by atoms with Crippen molar-refractivity contribution in [3.8, 4) is 11.1 Å². The highest BCUT2D eigenvalue weighted by Crippen LogP contribution is 2.34. The van der Waals surface area contributed by atoms with Gasteiger partial charge in [-0.15, -0.1) is 0 Å². The van der Waals surface area contributed by atoms with E-state index in [0.29, 0.717) is 17.1 Å². The first kappa shape index (κ1) is 13.5. The van der Waals surface area contributed by atoms with E-state index in [0.717, 1.165) is 5.56 Å². The van der Waals surface area contributed by atoms with Crippen LogP contribution in [0.15, 0.2) is 24.5 Å². The second-order valence-corrected chi connectivity index (χ2v) is 6.84. The lowest BCUT2D eigenvalue weighted by atomic mass is 10.1. The van der Waals surface area contributed by atoms with Crippen LogP contribution < -0.4 is 5.73 Å². The number of aromatic nitrogens is 3. The van der Waals surface area contributed by atoms with E-state index in [-0.39, 0.29) is 0 Å². The average molecular weight is 280 g/mol. The molecule has 0 radical (unpaired) electrons. The van der Waals surface area contributed by atoms with Crippen molar-refractivity contribution in [1.82, 2.24) is 14.8 Å². The molecule has 2 N–H and O–H groups in total. The van der Waals surface area contributed by atoms with Crippen LogP contribution in [0.4, 0.5) is 5.82 Å². The highest BCUT2D eigenvalue weighted by molar-refractivity contribution is 7.90. The van der Waals surface area contributed by atoms with Crippen LogP contribution in [0.3, 0.4) is 0 Å². The van der Waals surface area contributed by atoms with E-state index in [1.165, 1.54) is 10.9 Å². The minimum Gasteiger partial charge on any atom is -0.383 e. The average Bonchev–Trinajstić information content (AvgIpc) is 2.65. The van der Waals surface area contributed by atoms with Crippen LogP contribution in [0.25, 0.3) is 11.1 Å². The number of aryl methyl sites for hydroxylation is 1. The molecule has 0 aliphatic rings. The fourth-order valence-electron chi connectivity index (χ4n) is 1.86. The molecule has 1 atom stereocenters. The largest absolute Gasteiger partial charge is 0.383 e. The van der Waals surface area contributed by atoms with E-state index < -0.39 is 15.1 Å². The van der Waals surface area contributed by atoms with Gasteiger partial charge in [0.25, 0.3) is 0 Å². The molecule has 102 valence electrons. The number of nitrogens with zero attached hydrogens (tertiary/aromatic N) is 3. The molecule has 2 aromatic rings. The highest BCUT2D eigenvalue weighted by Gasteiger charge is 2.26. The van der Waals surface area contributed by atoms with Crippen molar-refractivity contribution in [3.05, 3.63) is 30.2 Å². The predicted octanol–water partition coefficient (Wildman–Crippen LogP) is 1.17. The molecule has 6 nitrogen and oxygen atoms in total. The molecule has 2 rings (SSSR count). The number of pyridine rings is 1. The van der Waals surface area contributed by atoms with Crippen LogP contribution in [0.5, 0.6) is 0 Å². The van der Waals surface area contributed by atoms with E-state index in [1.54, 1.807) is 38.5 Å². The highest BCUT2D eigenvalue weighted by atomic mass is 32.2. The second kappa shape index (κ2) is 4.65. The monoisotopic (exact) mass is 280 g/mol. The van der Waals surface area contributed by atoms with Crippen molar-refractivity contribution in [2.45, 2.75) is 12.2 Å². The Kier molecular flexibility index (Phi) is 3.32. The third kappa shape index (κ3) is 2.46. The van der Waals surface area contributed by atoms with Gasteiger partial charge in [0.1, 0.15) is 11.1 Å². The first-order valence-corrected chi connectivity index (χ1v) is 7.69. The molecular formula is C12H16N4O2S. The number of hydrogen-bond acceptors (Lipinski definition) is 5. The maximum absolute atomic E-state index is 11.7. The van der Waals surface area contributed by atoms with Crippen molar-refractivity contribution in [1.29, 1.82) is 0 Å². The summed E-state index contributed by atoms with van der Waals surface area (Å²) in [5, 5.41) is 3.54. The zero-order valence-electron chi connectivity index (χ0n) is 11.0. The Morgan fingerprint density at radius 3 is 2.42 bits per heavy atom. The summed E-state index contributed by atoms with van der Waals surface area (Å²) in [6.07, 6.45) is 4.46. The van der Waals surface area contributed by atoms with Gasteiger partial charge in [0.2, 0.25) is 0 Å². The standard InChI is InChI=1S/C12H16N4O2S/c1-8(19(3,17)18)11-10(12(13)16(2)15-11)9-4-6-14-7-5-9/h4-8H,13H2,1-3H3. The van der Waals surface area contributed by atoms with Gasteiger partial charge in [-0.1, -0.05) is 0 Å². The molecule has 0 saturated carbocycles. The van der Waals surface area contributed by atoms with E-state index >= 15 is 0 Å². The number of nitrogen functional groups attached to an aromatic ring is 1. The lowest BCUT2D eigenvalue weighted by Gasteiger charge is -2.09. The van der Waals surface area contributed by atoms with Gasteiger partial charge in [-0.05, 0) is 24.6 Å². The number of anilines is 1. The zero-order valence-corrected chi connectivity index (χ0v) is 11.8. The summed E-state index contributed by atoms with van der Waals surface area (Å²) in [5.41, 5.74) is 7.93. The molecule has 0 amide bonds. The van der Waals surface area contributed by atoms with E-state index in [2.05, 4.69) is 10.1 Å². The quantitative estimate of drug-likeness (QED) is 0.911. The van der Waals surface area contributed by atoms with Crippen LogP contribution in [0.1, 0.15) is 17.9 Å². The zero-order chi connectivity index (χ0) is 14.2. The van der Waals surface area contributed by atoms with Crippen LogP contribution >= 0.6 is 0 Å². The molecule has 2 heterocycles. The van der Waals surface area contributed by atoms with Gasteiger partial charge in [-0.2, -0.15) is 5.10 Å². The minimum atomic E-state index is -3.24. The van der Waals surface area contributed by atoms with Crippen LogP contribution in [-0.4, -0.2) is 29.4 Å². The molecule has 7 heteroatoms. The predicted molar refractivity (Wildman–Crippen MR) is 74.1 cm³/mol. The first-order chi connectivity index (χ1) is 8.82. The summed E-state index contributed by atoms with van der Waals surface area (Å²) in [5.74, 6) is 0.441. The van der Waals surface area contributed by atoms with E-state index in [1.807, 2.05) is 0 Å². The molecule has 0 fully saturated rings. The number of hydrogen-bond donors (Lipinski definition) is 1. The molecule has 0 saturated heterocycles. The van der Waals surface area contributed by atoms with E-state index in [9.17, 15) is 8.42 Å². The summed E-state index contributed by atoms with van der Waals surface area (Å²) >= 11 is 0. The summed E-state index contributed by atoms with van der Waals surface area (Å²) in [4.78, 5) is 3.94. The molecule has 0 aromatic carbocycles. The Hall–Kier alpha value is -1.89. The fourth-order valence-corrected chi connectivity index (χ4v) is 2.43. The second-order valence-electron chi connectivity index (χ2n) is 4.48. The Labute approximate surface area is 112 Å². The van der Waals surface area contributed by atoms with Crippen LogP contribution in [0.2, 0.25) is 0 Å². The Morgan fingerprint density at radius 2 is 1.89 bits per heavy atom. The Morgan fingerprint density at radius 1 is 1.32 bits per heavy atom. The smallest absolute Gasteiger partial charge is 0.155 e. The van der Waals surface area contributed by atoms with Gasteiger partial charge in [0, 0.05) is 31.3 Å². The molecule has 0 spiro atoms. The molecular weight excluding hydrogens is 264 g/mol. The summed E-state index contributed by atoms with van der Waals surface area (Å²) in [6.45, 7) is 1.61.